The Morgan fingerprint density at radius 2 is 1.75 bits per heavy atom. The number of carbonyl (C=O) groups is 1. The van der Waals surface area contributed by atoms with Gasteiger partial charge in [0.05, 0.1) is 31.6 Å². The summed E-state index contributed by atoms with van der Waals surface area (Å²) in [5.74, 6) is 1.06. The molecule has 0 saturated carbocycles. The Balaban J connectivity index is 1.24. The standard InChI is InChI=1S/C31H28FN3O4S/c1-3-20-5-12-24(13-6-20)38-15-4-16-39-27-14-7-21(18-28(27)37-2)17-25-29(33)35-26(19-40-31(35)34-30(25)36)22-8-10-23(32)11-9-22/h5-14,17-19,33H,3-4,15-16H2,1-2H3. The van der Waals surface area contributed by atoms with E-state index >= 15 is 0 Å². The SMILES string of the molecule is CCc1ccc(OCCCOc2ccc(C=C3C(=N)N4C(c5ccc(F)cc5)=CSC4=NC3=O)cc2OC)cc1. The zero-order valence-corrected chi connectivity index (χ0v) is 23.0. The van der Waals surface area contributed by atoms with Gasteiger partial charge < -0.3 is 14.2 Å². The molecule has 1 amide bonds. The zero-order chi connectivity index (χ0) is 28.1. The number of hydrogen-bond donors (Lipinski definition) is 1. The third-order valence-electron chi connectivity index (χ3n) is 6.40. The van der Waals surface area contributed by atoms with E-state index in [0.717, 1.165) is 17.7 Å². The minimum absolute atomic E-state index is 0.000739. The minimum Gasteiger partial charge on any atom is -0.493 e. The van der Waals surface area contributed by atoms with Crippen LogP contribution in [0.2, 0.25) is 0 Å². The predicted molar refractivity (Wildman–Crippen MR) is 156 cm³/mol. The van der Waals surface area contributed by atoms with Gasteiger partial charge in [-0.3, -0.25) is 15.1 Å². The summed E-state index contributed by atoms with van der Waals surface area (Å²) < 4.78 is 30.7. The Labute approximate surface area is 236 Å². The average Bonchev–Trinajstić information content (AvgIpc) is 3.40. The number of aryl methyl sites for hydroxylation is 1. The van der Waals surface area contributed by atoms with Crippen LogP contribution in [-0.2, 0) is 11.2 Å². The Hall–Kier alpha value is -4.37. The molecule has 0 radical (unpaired) electrons. The Bertz CT molecular complexity index is 1510. The molecule has 0 atom stereocenters. The van der Waals surface area contributed by atoms with Gasteiger partial charge in [-0.15, -0.1) is 0 Å². The molecule has 0 fully saturated rings. The van der Waals surface area contributed by atoms with Crippen molar-refractivity contribution in [1.82, 2.24) is 4.90 Å². The van der Waals surface area contributed by atoms with Crippen LogP contribution in [0.4, 0.5) is 4.39 Å². The van der Waals surface area contributed by atoms with E-state index in [1.165, 1.54) is 29.5 Å². The van der Waals surface area contributed by atoms with Gasteiger partial charge in [-0.1, -0.05) is 36.9 Å². The fraction of sp³-hybridized carbons (Fsp3) is 0.194. The van der Waals surface area contributed by atoms with Gasteiger partial charge >= 0.3 is 0 Å². The molecule has 5 rings (SSSR count). The van der Waals surface area contributed by atoms with Crippen LogP contribution in [0.5, 0.6) is 17.2 Å². The van der Waals surface area contributed by atoms with Gasteiger partial charge in [0, 0.05) is 11.8 Å². The van der Waals surface area contributed by atoms with E-state index in [9.17, 15) is 9.18 Å². The highest BCUT2D eigenvalue weighted by Crippen LogP contribution is 2.38. The number of nitrogens with zero attached hydrogens (tertiary/aromatic N) is 2. The quantitative estimate of drug-likeness (QED) is 0.225. The van der Waals surface area contributed by atoms with E-state index in [0.29, 0.717) is 47.6 Å². The minimum atomic E-state index is -0.499. The number of nitrogens with one attached hydrogen (secondary N) is 1. The highest BCUT2D eigenvalue weighted by atomic mass is 32.2. The van der Waals surface area contributed by atoms with E-state index in [4.69, 9.17) is 19.6 Å². The van der Waals surface area contributed by atoms with Gasteiger partial charge in [0.15, 0.2) is 16.7 Å². The second-order valence-electron chi connectivity index (χ2n) is 9.03. The number of fused-ring (bicyclic) bond motifs is 1. The van der Waals surface area contributed by atoms with Gasteiger partial charge in [0.2, 0.25) is 0 Å². The maximum atomic E-state index is 13.4. The number of carbonyl (C=O) groups excluding carboxylic acids is 1. The van der Waals surface area contributed by atoms with Crippen LogP contribution in [0.3, 0.4) is 0 Å². The normalized spacial score (nSPS) is 15.6. The number of hydrogen-bond acceptors (Lipinski definition) is 6. The summed E-state index contributed by atoms with van der Waals surface area (Å²) in [5.41, 5.74) is 3.45. The predicted octanol–water partition coefficient (Wildman–Crippen LogP) is 6.55. The Kier molecular flexibility index (Phi) is 8.31. The lowest BCUT2D eigenvalue weighted by Crippen LogP contribution is -2.38. The number of rotatable bonds is 10. The first-order valence-electron chi connectivity index (χ1n) is 12.9. The Morgan fingerprint density at radius 1 is 1.00 bits per heavy atom. The zero-order valence-electron chi connectivity index (χ0n) is 22.1. The van der Waals surface area contributed by atoms with Crippen molar-refractivity contribution >= 4 is 40.4 Å². The van der Waals surface area contributed by atoms with Crippen molar-refractivity contribution in [2.75, 3.05) is 20.3 Å². The summed E-state index contributed by atoms with van der Waals surface area (Å²) in [5, 5.41) is 11.0. The number of amides is 1. The number of halogens is 1. The molecule has 0 saturated heterocycles. The summed E-state index contributed by atoms with van der Waals surface area (Å²) in [6, 6.07) is 19.4. The summed E-state index contributed by atoms with van der Waals surface area (Å²) in [4.78, 5) is 18.6. The van der Waals surface area contributed by atoms with Crippen molar-refractivity contribution in [2.24, 2.45) is 4.99 Å². The molecule has 2 aliphatic rings. The van der Waals surface area contributed by atoms with E-state index in [-0.39, 0.29) is 17.2 Å². The average molecular weight is 558 g/mol. The van der Waals surface area contributed by atoms with Crippen molar-refractivity contribution in [3.8, 4) is 17.2 Å². The van der Waals surface area contributed by atoms with Gasteiger partial charge in [-0.25, -0.2) is 4.39 Å². The first-order valence-corrected chi connectivity index (χ1v) is 13.7. The van der Waals surface area contributed by atoms with E-state index in [1.807, 2.05) is 12.1 Å². The lowest BCUT2D eigenvalue weighted by Gasteiger charge is -2.27. The van der Waals surface area contributed by atoms with Gasteiger partial charge in [-0.05, 0) is 77.7 Å². The molecule has 204 valence electrons. The molecule has 2 heterocycles. The van der Waals surface area contributed by atoms with Crippen LogP contribution in [0.15, 0.2) is 82.7 Å². The van der Waals surface area contributed by atoms with Crippen molar-refractivity contribution in [2.45, 2.75) is 19.8 Å². The van der Waals surface area contributed by atoms with Crippen LogP contribution in [-0.4, -0.2) is 42.1 Å². The largest absolute Gasteiger partial charge is 0.493 e. The van der Waals surface area contributed by atoms with Crippen LogP contribution >= 0.6 is 11.8 Å². The monoisotopic (exact) mass is 557 g/mol. The second kappa shape index (κ2) is 12.2. The van der Waals surface area contributed by atoms with Crippen LogP contribution in [0.1, 0.15) is 30.0 Å². The third-order valence-corrected chi connectivity index (χ3v) is 7.23. The number of aliphatic imine (C=N–C) groups is 1. The molecule has 1 N–H and O–H groups in total. The molecule has 3 aromatic rings. The first-order chi connectivity index (χ1) is 19.5. The maximum absolute atomic E-state index is 13.4. The van der Waals surface area contributed by atoms with Crippen molar-refractivity contribution < 1.29 is 23.4 Å². The van der Waals surface area contributed by atoms with Gasteiger partial charge in [0.1, 0.15) is 17.4 Å². The third kappa shape index (κ3) is 5.94. The number of thioether (sulfide) groups is 1. The van der Waals surface area contributed by atoms with Crippen LogP contribution in [0.25, 0.3) is 11.8 Å². The molecule has 0 bridgehead atoms. The van der Waals surface area contributed by atoms with Crippen molar-refractivity contribution in [3.63, 3.8) is 0 Å². The number of ether oxygens (including phenoxy) is 3. The second-order valence-corrected chi connectivity index (χ2v) is 9.86. The molecule has 9 heteroatoms. The maximum Gasteiger partial charge on any atom is 0.283 e. The van der Waals surface area contributed by atoms with Gasteiger partial charge in [-0.2, -0.15) is 4.99 Å². The molecule has 0 spiro atoms. The van der Waals surface area contributed by atoms with E-state index < -0.39 is 5.91 Å². The lowest BCUT2D eigenvalue weighted by molar-refractivity contribution is -0.114. The Morgan fingerprint density at radius 3 is 2.48 bits per heavy atom. The topological polar surface area (TPSA) is 84.2 Å². The molecule has 0 unspecified atom stereocenters. The molecule has 3 aromatic carbocycles. The summed E-state index contributed by atoms with van der Waals surface area (Å²) >= 11 is 1.25. The first kappa shape index (κ1) is 27.2. The lowest BCUT2D eigenvalue weighted by atomic mass is 10.1. The van der Waals surface area contributed by atoms with Crippen molar-refractivity contribution in [3.05, 3.63) is 100 Å². The number of methoxy groups -OCH3 is 1. The molecule has 0 aliphatic carbocycles. The summed E-state index contributed by atoms with van der Waals surface area (Å²) in [6.45, 7) is 3.08. The fourth-order valence-corrected chi connectivity index (χ4v) is 5.13. The number of benzene rings is 3. The van der Waals surface area contributed by atoms with Crippen molar-refractivity contribution in [1.29, 1.82) is 5.41 Å². The van der Waals surface area contributed by atoms with Gasteiger partial charge in [0.25, 0.3) is 5.91 Å². The highest BCUT2D eigenvalue weighted by Gasteiger charge is 2.36. The summed E-state index contributed by atoms with van der Waals surface area (Å²) in [6.07, 6.45) is 3.29. The molecule has 7 nitrogen and oxygen atoms in total. The molecule has 40 heavy (non-hydrogen) atoms. The smallest absolute Gasteiger partial charge is 0.283 e. The fourth-order valence-electron chi connectivity index (χ4n) is 4.24. The molecule has 2 aliphatic heterocycles. The molecule has 0 aromatic heterocycles. The van der Waals surface area contributed by atoms with Crippen LogP contribution in [0, 0.1) is 11.2 Å². The summed E-state index contributed by atoms with van der Waals surface area (Å²) in [7, 11) is 1.55. The van der Waals surface area contributed by atoms with E-state index in [2.05, 4.69) is 24.0 Å². The van der Waals surface area contributed by atoms with Crippen LogP contribution < -0.4 is 14.2 Å². The molecular weight excluding hydrogens is 529 g/mol. The highest BCUT2D eigenvalue weighted by molar-refractivity contribution is 8.17. The van der Waals surface area contributed by atoms with E-state index in [1.54, 1.807) is 53.8 Å². The number of amidine groups is 2. The molecular formula is C31H28FN3O4S.